The molecule has 0 saturated heterocycles. The van der Waals surface area contributed by atoms with Crippen LogP contribution in [0.5, 0.6) is 17.2 Å². The number of aliphatic carboxylic acids is 1. The number of carboxylic acid groups (broad SMARTS) is 1. The van der Waals surface area contributed by atoms with Crippen LogP contribution in [0.4, 0.5) is 0 Å². The number of sulfonamides is 1. The van der Waals surface area contributed by atoms with Crippen molar-refractivity contribution in [3.8, 4) is 17.2 Å². The minimum Gasteiger partial charge on any atom is -0.492 e. The maximum atomic E-state index is 11.6. The van der Waals surface area contributed by atoms with Crippen LogP contribution >= 0.6 is 0 Å². The SMILES string of the molecule is COc1c(CC(=O)O)cc(S(N)(=O)=O)c(OC)c1OC. The Morgan fingerprint density at radius 1 is 1.15 bits per heavy atom. The van der Waals surface area contributed by atoms with E-state index in [9.17, 15) is 13.2 Å². The highest BCUT2D eigenvalue weighted by molar-refractivity contribution is 7.89. The van der Waals surface area contributed by atoms with Crippen molar-refractivity contribution in [2.24, 2.45) is 5.14 Å². The van der Waals surface area contributed by atoms with Gasteiger partial charge in [-0.1, -0.05) is 0 Å². The molecule has 3 N–H and O–H groups in total. The van der Waals surface area contributed by atoms with E-state index < -0.39 is 22.4 Å². The minimum atomic E-state index is -4.11. The van der Waals surface area contributed by atoms with Crippen LogP contribution in [0.25, 0.3) is 0 Å². The van der Waals surface area contributed by atoms with Gasteiger partial charge in [0.2, 0.25) is 15.8 Å². The van der Waals surface area contributed by atoms with Crippen molar-refractivity contribution >= 4 is 16.0 Å². The number of ether oxygens (including phenoxy) is 3. The molecule has 0 radical (unpaired) electrons. The molecule has 0 aliphatic rings. The van der Waals surface area contributed by atoms with Crippen LogP contribution in [0, 0.1) is 0 Å². The summed E-state index contributed by atoms with van der Waals surface area (Å²) in [4.78, 5) is 10.5. The van der Waals surface area contributed by atoms with Gasteiger partial charge >= 0.3 is 5.97 Å². The average molecular weight is 305 g/mol. The molecular formula is C11H15NO7S. The molecule has 0 heterocycles. The third-order valence-corrected chi connectivity index (χ3v) is 3.41. The molecular weight excluding hydrogens is 290 g/mol. The van der Waals surface area contributed by atoms with Gasteiger partial charge in [-0.2, -0.15) is 0 Å². The van der Waals surface area contributed by atoms with Gasteiger partial charge in [0.25, 0.3) is 0 Å². The molecule has 0 fully saturated rings. The Balaban J connectivity index is 3.74. The summed E-state index contributed by atoms with van der Waals surface area (Å²) in [6, 6.07) is 1.10. The van der Waals surface area contributed by atoms with Gasteiger partial charge in [0.1, 0.15) is 4.90 Å². The summed E-state index contributed by atoms with van der Waals surface area (Å²) in [5.41, 5.74) is 0.113. The molecule has 9 heteroatoms. The fourth-order valence-electron chi connectivity index (χ4n) is 1.76. The number of hydrogen-bond acceptors (Lipinski definition) is 6. The van der Waals surface area contributed by atoms with Crippen LogP contribution in [0.2, 0.25) is 0 Å². The standard InChI is InChI=1S/C11H15NO7S/c1-17-9-6(5-8(13)14)4-7(20(12,15)16)10(18-2)11(9)19-3/h4H,5H2,1-3H3,(H,13,14)(H2,12,15,16). The van der Waals surface area contributed by atoms with E-state index >= 15 is 0 Å². The molecule has 1 rings (SSSR count). The van der Waals surface area contributed by atoms with E-state index in [0.29, 0.717) is 0 Å². The van der Waals surface area contributed by atoms with Crippen LogP contribution < -0.4 is 19.3 Å². The van der Waals surface area contributed by atoms with Gasteiger partial charge in [-0.25, -0.2) is 13.6 Å². The number of benzene rings is 1. The lowest BCUT2D eigenvalue weighted by Gasteiger charge is -2.17. The highest BCUT2D eigenvalue weighted by Crippen LogP contribution is 2.44. The summed E-state index contributed by atoms with van der Waals surface area (Å²) in [7, 11) is -0.296. The van der Waals surface area contributed by atoms with Crippen molar-refractivity contribution in [3.63, 3.8) is 0 Å². The molecule has 0 aliphatic heterocycles. The number of methoxy groups -OCH3 is 3. The molecule has 0 amide bonds. The van der Waals surface area contributed by atoms with Crippen molar-refractivity contribution in [1.29, 1.82) is 0 Å². The zero-order chi connectivity index (χ0) is 15.5. The number of carbonyl (C=O) groups is 1. The molecule has 8 nitrogen and oxygen atoms in total. The molecule has 1 aromatic carbocycles. The van der Waals surface area contributed by atoms with Gasteiger partial charge in [0.15, 0.2) is 11.5 Å². The van der Waals surface area contributed by atoms with Gasteiger partial charge in [-0.05, 0) is 6.07 Å². The summed E-state index contributed by atoms with van der Waals surface area (Å²) in [6.07, 6.45) is -0.452. The summed E-state index contributed by atoms with van der Waals surface area (Å²) >= 11 is 0. The molecule has 112 valence electrons. The van der Waals surface area contributed by atoms with Crippen LogP contribution in [0.3, 0.4) is 0 Å². The number of carboxylic acids is 1. The number of nitrogens with two attached hydrogens (primary N) is 1. The molecule has 0 spiro atoms. The molecule has 1 aromatic rings. The largest absolute Gasteiger partial charge is 0.492 e. The zero-order valence-electron chi connectivity index (χ0n) is 11.2. The lowest BCUT2D eigenvalue weighted by molar-refractivity contribution is -0.136. The lowest BCUT2D eigenvalue weighted by Crippen LogP contribution is -2.16. The molecule has 0 unspecified atom stereocenters. The van der Waals surface area contributed by atoms with Crippen molar-refractivity contribution in [3.05, 3.63) is 11.6 Å². The van der Waals surface area contributed by atoms with E-state index in [-0.39, 0.29) is 27.7 Å². The Hall–Kier alpha value is -2.00. The Kier molecular flexibility index (Phi) is 4.79. The van der Waals surface area contributed by atoms with Crippen LogP contribution in [0.1, 0.15) is 5.56 Å². The van der Waals surface area contributed by atoms with Gasteiger partial charge in [-0.15, -0.1) is 0 Å². The number of hydrogen-bond donors (Lipinski definition) is 2. The Morgan fingerprint density at radius 2 is 1.65 bits per heavy atom. The summed E-state index contributed by atoms with van der Waals surface area (Å²) in [5.74, 6) is -1.24. The fourth-order valence-corrected chi connectivity index (χ4v) is 2.50. The first-order chi connectivity index (χ1) is 9.26. The van der Waals surface area contributed by atoms with Crippen molar-refractivity contribution in [1.82, 2.24) is 0 Å². The Labute approximate surface area is 116 Å². The van der Waals surface area contributed by atoms with E-state index in [1.54, 1.807) is 0 Å². The predicted octanol–water partition coefficient (Wildman–Crippen LogP) is -0.0131. The van der Waals surface area contributed by atoms with Gasteiger partial charge in [0.05, 0.1) is 27.8 Å². The first-order valence-electron chi connectivity index (χ1n) is 5.32. The maximum absolute atomic E-state index is 11.6. The fraction of sp³-hybridized carbons (Fsp3) is 0.364. The molecule has 0 bridgehead atoms. The first kappa shape index (κ1) is 16.1. The predicted molar refractivity (Wildman–Crippen MR) is 68.8 cm³/mol. The smallest absolute Gasteiger partial charge is 0.307 e. The van der Waals surface area contributed by atoms with Crippen LogP contribution in [0.15, 0.2) is 11.0 Å². The van der Waals surface area contributed by atoms with Crippen molar-refractivity contribution in [2.45, 2.75) is 11.3 Å². The molecule has 0 aromatic heterocycles. The summed E-state index contributed by atoms with van der Waals surface area (Å²) < 4.78 is 38.3. The van der Waals surface area contributed by atoms with E-state index in [2.05, 4.69) is 0 Å². The topological polar surface area (TPSA) is 125 Å². The van der Waals surface area contributed by atoms with Gasteiger partial charge in [0, 0.05) is 5.56 Å². The van der Waals surface area contributed by atoms with Crippen LogP contribution in [-0.4, -0.2) is 40.8 Å². The Morgan fingerprint density at radius 3 is 2.00 bits per heavy atom. The van der Waals surface area contributed by atoms with Gasteiger partial charge < -0.3 is 19.3 Å². The third kappa shape index (κ3) is 3.11. The monoisotopic (exact) mass is 305 g/mol. The minimum absolute atomic E-state index is 0.0298. The van der Waals surface area contributed by atoms with Gasteiger partial charge in [-0.3, -0.25) is 4.79 Å². The normalized spacial score (nSPS) is 11.0. The molecule has 0 atom stereocenters. The lowest BCUT2D eigenvalue weighted by atomic mass is 10.1. The molecule has 20 heavy (non-hydrogen) atoms. The number of primary sulfonamides is 1. The quantitative estimate of drug-likeness (QED) is 0.756. The summed E-state index contributed by atoms with van der Waals surface area (Å²) in [5, 5.41) is 14.0. The molecule has 0 saturated carbocycles. The van der Waals surface area contributed by atoms with E-state index in [1.807, 2.05) is 0 Å². The second-order valence-corrected chi connectivity index (χ2v) is 5.28. The average Bonchev–Trinajstić information content (AvgIpc) is 2.35. The summed E-state index contributed by atoms with van der Waals surface area (Å²) in [6.45, 7) is 0. The van der Waals surface area contributed by atoms with Crippen molar-refractivity contribution in [2.75, 3.05) is 21.3 Å². The van der Waals surface area contributed by atoms with E-state index in [1.165, 1.54) is 21.3 Å². The van der Waals surface area contributed by atoms with E-state index in [0.717, 1.165) is 6.07 Å². The Bertz CT molecular complexity index is 624. The molecule has 0 aliphatic carbocycles. The second kappa shape index (κ2) is 5.97. The highest BCUT2D eigenvalue weighted by Gasteiger charge is 2.26. The van der Waals surface area contributed by atoms with Crippen molar-refractivity contribution < 1.29 is 32.5 Å². The highest BCUT2D eigenvalue weighted by atomic mass is 32.2. The first-order valence-corrected chi connectivity index (χ1v) is 6.87. The number of rotatable bonds is 6. The van der Waals surface area contributed by atoms with Crippen LogP contribution in [-0.2, 0) is 21.2 Å². The maximum Gasteiger partial charge on any atom is 0.307 e. The third-order valence-electron chi connectivity index (χ3n) is 2.49. The zero-order valence-corrected chi connectivity index (χ0v) is 12.0. The second-order valence-electron chi connectivity index (χ2n) is 3.75. The van der Waals surface area contributed by atoms with E-state index in [4.69, 9.17) is 24.5 Å².